The fourth-order valence-corrected chi connectivity index (χ4v) is 10.2. The number of hydrogen-bond acceptors (Lipinski definition) is 9. The van der Waals surface area contributed by atoms with Crippen molar-refractivity contribution in [1.29, 1.82) is 0 Å². The van der Waals surface area contributed by atoms with E-state index < -0.39 is 55.6 Å². The summed E-state index contributed by atoms with van der Waals surface area (Å²) in [4.78, 5) is 13.0. The van der Waals surface area contributed by atoms with Crippen LogP contribution in [-0.4, -0.2) is 98.7 Å². The van der Waals surface area contributed by atoms with Crippen LogP contribution in [0.4, 0.5) is 0 Å². The Morgan fingerprint density at radius 3 is 1.07 bits per heavy atom. The zero-order valence-corrected chi connectivity index (χ0v) is 45.5. The number of rotatable bonds is 53. The SMILES string of the molecule is CCCCCCCCCCCCCCCCCCCCCCCCCCCCCCCCCCCCCCC(=O)N[C@@H](CO[C@@H]1O[C@H](CO)[C@@H](O)C(O)C1O)[C@H](O)[C@H](O)CCCCCCCCCC. The van der Waals surface area contributed by atoms with Gasteiger partial charge in [-0.05, 0) is 12.8 Å². The van der Waals surface area contributed by atoms with E-state index in [4.69, 9.17) is 9.47 Å². The summed E-state index contributed by atoms with van der Waals surface area (Å²) in [6.07, 6.45) is 49.1. The summed E-state index contributed by atoms with van der Waals surface area (Å²) in [5.41, 5.74) is 0. The molecule has 0 aromatic carbocycles. The molecule has 1 aliphatic rings. The van der Waals surface area contributed by atoms with Gasteiger partial charge in [0.05, 0.1) is 25.4 Å². The Bertz CT molecular complexity index is 1070. The van der Waals surface area contributed by atoms with Crippen molar-refractivity contribution in [2.75, 3.05) is 13.2 Å². The first kappa shape index (κ1) is 66.2. The molecular weight excluding hydrogens is 867 g/mol. The number of aliphatic hydroxyl groups is 6. The van der Waals surface area contributed by atoms with Crippen molar-refractivity contribution in [3.05, 3.63) is 0 Å². The summed E-state index contributed by atoms with van der Waals surface area (Å²) in [5.74, 6) is -0.253. The van der Waals surface area contributed by atoms with Crippen molar-refractivity contribution < 1.29 is 44.9 Å². The van der Waals surface area contributed by atoms with Gasteiger partial charge in [-0.2, -0.15) is 0 Å². The third-order valence-electron chi connectivity index (χ3n) is 15.1. The molecule has 412 valence electrons. The van der Waals surface area contributed by atoms with Crippen molar-refractivity contribution in [1.82, 2.24) is 5.32 Å². The van der Waals surface area contributed by atoms with Crippen LogP contribution < -0.4 is 5.32 Å². The van der Waals surface area contributed by atoms with Crippen LogP contribution in [0.15, 0.2) is 0 Å². The van der Waals surface area contributed by atoms with E-state index in [1.165, 1.54) is 238 Å². The van der Waals surface area contributed by atoms with Crippen LogP contribution in [0, 0.1) is 0 Å². The van der Waals surface area contributed by atoms with Gasteiger partial charge in [-0.25, -0.2) is 0 Å². The number of ether oxygens (including phenoxy) is 2. The third-order valence-corrected chi connectivity index (χ3v) is 15.1. The summed E-state index contributed by atoms with van der Waals surface area (Å²) < 4.78 is 11.2. The fourth-order valence-electron chi connectivity index (χ4n) is 10.2. The van der Waals surface area contributed by atoms with Gasteiger partial charge in [0, 0.05) is 6.42 Å². The second kappa shape index (κ2) is 49.4. The predicted octanol–water partition coefficient (Wildman–Crippen LogP) is 14.0. The minimum absolute atomic E-state index is 0.253. The van der Waals surface area contributed by atoms with Crippen molar-refractivity contribution >= 4 is 5.91 Å². The summed E-state index contributed by atoms with van der Waals surface area (Å²) >= 11 is 0. The van der Waals surface area contributed by atoms with E-state index >= 15 is 0 Å². The third kappa shape index (κ3) is 38.4. The monoisotopic (exact) mass is 984 g/mol. The molecule has 0 aromatic heterocycles. The molecule has 10 heteroatoms. The molecule has 1 fully saturated rings. The van der Waals surface area contributed by atoms with E-state index in [0.29, 0.717) is 6.42 Å². The molecule has 0 radical (unpaired) electrons. The highest BCUT2D eigenvalue weighted by Crippen LogP contribution is 2.24. The Morgan fingerprint density at radius 1 is 0.449 bits per heavy atom. The van der Waals surface area contributed by atoms with Crippen LogP contribution in [0.1, 0.15) is 309 Å². The molecule has 8 atom stereocenters. The molecule has 0 saturated carbocycles. The number of amides is 1. The predicted molar refractivity (Wildman–Crippen MR) is 287 cm³/mol. The van der Waals surface area contributed by atoms with Crippen LogP contribution >= 0.6 is 0 Å². The van der Waals surface area contributed by atoms with Crippen LogP contribution in [0.5, 0.6) is 0 Å². The van der Waals surface area contributed by atoms with Gasteiger partial charge < -0.3 is 45.4 Å². The largest absolute Gasteiger partial charge is 0.394 e. The molecule has 7 N–H and O–H groups in total. The zero-order chi connectivity index (χ0) is 50.3. The molecule has 0 bridgehead atoms. The highest BCUT2D eigenvalue weighted by molar-refractivity contribution is 5.76. The van der Waals surface area contributed by atoms with Crippen LogP contribution in [0.3, 0.4) is 0 Å². The molecule has 0 aliphatic carbocycles. The molecule has 10 nitrogen and oxygen atoms in total. The van der Waals surface area contributed by atoms with E-state index in [1.54, 1.807) is 0 Å². The average molecular weight is 985 g/mol. The second-order valence-corrected chi connectivity index (χ2v) is 21.7. The van der Waals surface area contributed by atoms with Gasteiger partial charge in [0.15, 0.2) is 6.29 Å². The fraction of sp³-hybridized carbons (Fsp3) is 0.983. The number of aliphatic hydroxyl groups excluding tert-OH is 6. The lowest BCUT2D eigenvalue weighted by molar-refractivity contribution is -0.303. The maximum Gasteiger partial charge on any atom is 0.220 e. The van der Waals surface area contributed by atoms with Gasteiger partial charge in [-0.3, -0.25) is 4.79 Å². The first-order valence-electron chi connectivity index (χ1n) is 30.3. The van der Waals surface area contributed by atoms with Crippen LogP contribution in [0.25, 0.3) is 0 Å². The lowest BCUT2D eigenvalue weighted by Crippen LogP contribution is -2.60. The molecule has 1 aliphatic heterocycles. The Labute approximate surface area is 426 Å². The van der Waals surface area contributed by atoms with Crippen LogP contribution in [0.2, 0.25) is 0 Å². The number of hydrogen-bond donors (Lipinski definition) is 7. The van der Waals surface area contributed by atoms with Crippen molar-refractivity contribution in [2.24, 2.45) is 0 Å². The Balaban J connectivity index is 2.02. The average Bonchev–Trinajstić information content (AvgIpc) is 3.35. The maximum atomic E-state index is 13.0. The summed E-state index contributed by atoms with van der Waals surface area (Å²) in [6, 6.07) is -0.984. The first-order chi connectivity index (χ1) is 33.8. The molecule has 1 amide bonds. The zero-order valence-electron chi connectivity index (χ0n) is 45.5. The number of carbonyl (C=O) groups excluding carboxylic acids is 1. The quantitative estimate of drug-likeness (QED) is 0.0293. The Hall–Kier alpha value is -0.850. The first-order valence-corrected chi connectivity index (χ1v) is 30.3. The molecule has 0 spiro atoms. The summed E-state index contributed by atoms with van der Waals surface area (Å²) in [6.45, 7) is 3.60. The maximum absolute atomic E-state index is 13.0. The van der Waals surface area contributed by atoms with Crippen molar-refractivity contribution in [2.45, 2.75) is 358 Å². The van der Waals surface area contributed by atoms with Gasteiger partial charge in [-0.15, -0.1) is 0 Å². The molecule has 0 aromatic rings. The van der Waals surface area contributed by atoms with Gasteiger partial charge in [0.25, 0.3) is 0 Å². The number of unbranched alkanes of at least 4 members (excludes halogenated alkanes) is 42. The van der Waals surface area contributed by atoms with E-state index in [2.05, 4.69) is 19.2 Å². The van der Waals surface area contributed by atoms with Gasteiger partial charge in [0.2, 0.25) is 5.91 Å². The lowest BCUT2D eigenvalue weighted by atomic mass is 9.98. The number of carbonyl (C=O) groups is 1. The number of nitrogens with one attached hydrogen (secondary N) is 1. The summed E-state index contributed by atoms with van der Waals surface area (Å²) in [7, 11) is 0. The van der Waals surface area contributed by atoms with E-state index in [-0.39, 0.29) is 18.9 Å². The molecule has 1 rings (SSSR count). The van der Waals surface area contributed by atoms with Crippen molar-refractivity contribution in [3.63, 3.8) is 0 Å². The molecule has 1 saturated heterocycles. The minimum Gasteiger partial charge on any atom is -0.394 e. The lowest BCUT2D eigenvalue weighted by Gasteiger charge is -2.40. The topological polar surface area (TPSA) is 169 Å². The standard InChI is InChI=1S/C59H117NO9/c1-3-5-7-9-11-13-14-15-16-17-18-19-20-21-22-23-24-25-26-27-28-29-30-31-32-33-34-35-36-37-38-39-40-42-44-46-48-54(63)60-51(50-68-59-58(67)57(66)56(65)53(49-61)69-59)55(64)52(62)47-45-43-41-12-10-8-6-4-2/h51-53,55-59,61-62,64-67H,3-50H2,1-2H3,(H,60,63)/t51-,52+,53+,55-,56+,57?,58?,59+/m0/s1. The minimum atomic E-state index is -1.60. The molecule has 1 heterocycles. The Morgan fingerprint density at radius 2 is 0.754 bits per heavy atom. The Kier molecular flexibility index (Phi) is 47.3. The second-order valence-electron chi connectivity index (χ2n) is 21.7. The summed E-state index contributed by atoms with van der Waals surface area (Å²) in [5, 5.41) is 65.2. The van der Waals surface area contributed by atoms with Gasteiger partial charge in [0.1, 0.15) is 30.5 Å². The molecule has 2 unspecified atom stereocenters. The normalized spacial score (nSPS) is 19.8. The van der Waals surface area contributed by atoms with Gasteiger partial charge in [-0.1, -0.05) is 290 Å². The van der Waals surface area contributed by atoms with Crippen LogP contribution in [-0.2, 0) is 14.3 Å². The van der Waals surface area contributed by atoms with Crippen molar-refractivity contribution in [3.8, 4) is 0 Å². The van der Waals surface area contributed by atoms with E-state index in [1.807, 2.05) is 0 Å². The smallest absolute Gasteiger partial charge is 0.220 e. The molecular formula is C59H117NO9. The van der Waals surface area contributed by atoms with E-state index in [9.17, 15) is 35.4 Å². The highest BCUT2D eigenvalue weighted by atomic mass is 16.7. The molecule has 69 heavy (non-hydrogen) atoms. The highest BCUT2D eigenvalue weighted by Gasteiger charge is 2.44. The van der Waals surface area contributed by atoms with E-state index in [0.717, 1.165) is 44.9 Å². The van der Waals surface area contributed by atoms with Gasteiger partial charge >= 0.3 is 0 Å².